The third-order valence-corrected chi connectivity index (χ3v) is 6.06. The van der Waals surface area contributed by atoms with Crippen LogP contribution in [0.5, 0.6) is 11.5 Å². The van der Waals surface area contributed by atoms with Crippen LogP contribution in [0, 0.1) is 0 Å². The number of benzene rings is 2. The van der Waals surface area contributed by atoms with Gasteiger partial charge in [0.15, 0.2) is 4.80 Å². The first-order chi connectivity index (χ1) is 15.4. The van der Waals surface area contributed by atoms with E-state index in [-0.39, 0.29) is 24.8 Å². The van der Waals surface area contributed by atoms with E-state index in [0.717, 1.165) is 10.2 Å². The van der Waals surface area contributed by atoms with Crippen LogP contribution in [0.1, 0.15) is 37.8 Å². The Balaban J connectivity index is 2.01. The van der Waals surface area contributed by atoms with Gasteiger partial charge in [0.05, 0.1) is 37.5 Å². The molecule has 0 unspecified atom stereocenters. The predicted octanol–water partition coefficient (Wildman–Crippen LogP) is 4.08. The number of nitrogens with zero attached hydrogens (tertiary/aromatic N) is 2. The number of methoxy groups -OCH3 is 2. The van der Waals surface area contributed by atoms with Crippen molar-refractivity contribution in [3.05, 3.63) is 52.3 Å². The number of hydrogen-bond acceptors (Lipinski definition) is 6. The SMILES string of the molecule is CCOC(=O)Cn1c(=NC(=O)Cc2ccc(OC)cc2OC)sc2cc(C(C)C)ccc21. The number of ether oxygens (including phenoxy) is 3. The summed E-state index contributed by atoms with van der Waals surface area (Å²) in [5.74, 6) is 0.870. The third kappa shape index (κ3) is 5.37. The minimum Gasteiger partial charge on any atom is -0.497 e. The molecule has 1 amide bonds. The van der Waals surface area contributed by atoms with E-state index in [0.29, 0.717) is 34.4 Å². The second kappa shape index (κ2) is 10.5. The highest BCUT2D eigenvalue weighted by Crippen LogP contribution is 2.26. The van der Waals surface area contributed by atoms with Gasteiger partial charge in [0.25, 0.3) is 5.91 Å². The zero-order valence-electron chi connectivity index (χ0n) is 19.0. The molecule has 170 valence electrons. The Kier molecular flexibility index (Phi) is 7.69. The summed E-state index contributed by atoms with van der Waals surface area (Å²) in [5.41, 5.74) is 2.74. The third-order valence-electron chi connectivity index (χ3n) is 5.02. The van der Waals surface area contributed by atoms with Gasteiger partial charge in [0, 0.05) is 11.6 Å². The molecule has 0 aliphatic carbocycles. The second-order valence-corrected chi connectivity index (χ2v) is 8.53. The van der Waals surface area contributed by atoms with Gasteiger partial charge in [-0.15, -0.1) is 0 Å². The smallest absolute Gasteiger partial charge is 0.326 e. The normalized spacial score (nSPS) is 11.8. The van der Waals surface area contributed by atoms with Crippen molar-refractivity contribution < 1.29 is 23.8 Å². The van der Waals surface area contributed by atoms with Crippen molar-refractivity contribution in [2.24, 2.45) is 4.99 Å². The van der Waals surface area contributed by atoms with Gasteiger partial charge in [-0.1, -0.05) is 37.3 Å². The average molecular weight is 457 g/mol. The molecule has 3 rings (SSSR count). The van der Waals surface area contributed by atoms with Crippen LogP contribution in [0.3, 0.4) is 0 Å². The number of hydrogen-bond donors (Lipinski definition) is 0. The maximum Gasteiger partial charge on any atom is 0.326 e. The zero-order chi connectivity index (χ0) is 23.3. The lowest BCUT2D eigenvalue weighted by atomic mass is 10.0. The zero-order valence-corrected chi connectivity index (χ0v) is 19.8. The fourth-order valence-corrected chi connectivity index (χ4v) is 4.42. The van der Waals surface area contributed by atoms with Gasteiger partial charge in [-0.3, -0.25) is 9.59 Å². The Hall–Kier alpha value is -3.13. The van der Waals surface area contributed by atoms with E-state index in [1.165, 1.54) is 16.9 Å². The summed E-state index contributed by atoms with van der Waals surface area (Å²) in [6.45, 7) is 6.30. The number of aromatic nitrogens is 1. The molecule has 0 saturated carbocycles. The van der Waals surface area contributed by atoms with E-state index in [1.54, 1.807) is 43.9 Å². The van der Waals surface area contributed by atoms with Crippen molar-refractivity contribution in [1.29, 1.82) is 0 Å². The molecule has 0 saturated heterocycles. The summed E-state index contributed by atoms with van der Waals surface area (Å²) in [4.78, 5) is 29.9. The fourth-order valence-electron chi connectivity index (χ4n) is 3.33. The maximum absolute atomic E-state index is 12.8. The molecule has 2 aromatic carbocycles. The molecule has 0 aliphatic rings. The van der Waals surface area contributed by atoms with Crippen molar-refractivity contribution in [3.8, 4) is 11.5 Å². The molecule has 0 N–H and O–H groups in total. The molecule has 0 atom stereocenters. The molecule has 0 spiro atoms. The molecule has 3 aromatic rings. The first-order valence-electron chi connectivity index (χ1n) is 10.4. The van der Waals surface area contributed by atoms with Gasteiger partial charge in [-0.05, 0) is 36.6 Å². The summed E-state index contributed by atoms with van der Waals surface area (Å²) >= 11 is 1.39. The molecule has 7 nitrogen and oxygen atoms in total. The Morgan fingerprint density at radius 1 is 1.09 bits per heavy atom. The van der Waals surface area contributed by atoms with E-state index >= 15 is 0 Å². The molecule has 1 aromatic heterocycles. The highest BCUT2D eigenvalue weighted by atomic mass is 32.1. The van der Waals surface area contributed by atoms with E-state index in [2.05, 4.69) is 24.9 Å². The van der Waals surface area contributed by atoms with Crippen LogP contribution in [0.2, 0.25) is 0 Å². The quantitative estimate of drug-likeness (QED) is 0.477. The second-order valence-electron chi connectivity index (χ2n) is 7.52. The summed E-state index contributed by atoms with van der Waals surface area (Å²) in [6.07, 6.45) is 0.0675. The molecule has 0 aliphatic heterocycles. The summed E-state index contributed by atoms with van der Waals surface area (Å²) in [7, 11) is 3.12. The molecule has 8 heteroatoms. The predicted molar refractivity (Wildman–Crippen MR) is 124 cm³/mol. The van der Waals surface area contributed by atoms with Crippen molar-refractivity contribution >= 4 is 33.4 Å². The van der Waals surface area contributed by atoms with Crippen LogP contribution in [0.15, 0.2) is 41.4 Å². The van der Waals surface area contributed by atoms with Crippen molar-refractivity contribution in [2.75, 3.05) is 20.8 Å². The highest BCUT2D eigenvalue weighted by Gasteiger charge is 2.15. The molecule has 32 heavy (non-hydrogen) atoms. The standard InChI is InChI=1S/C24H28N2O5S/c1-6-31-23(28)14-26-19-10-8-16(15(2)3)11-21(19)32-24(26)25-22(27)12-17-7-9-18(29-4)13-20(17)30-5/h7-11,13,15H,6,12,14H2,1-5H3. The van der Waals surface area contributed by atoms with Gasteiger partial charge in [-0.2, -0.15) is 4.99 Å². The lowest BCUT2D eigenvalue weighted by Crippen LogP contribution is -2.23. The number of thiazole rings is 1. The lowest BCUT2D eigenvalue weighted by molar-refractivity contribution is -0.143. The average Bonchev–Trinajstić information content (AvgIpc) is 3.09. The molecular formula is C24H28N2O5S. The number of fused-ring (bicyclic) bond motifs is 1. The fraction of sp³-hybridized carbons (Fsp3) is 0.375. The van der Waals surface area contributed by atoms with Gasteiger partial charge < -0.3 is 18.8 Å². The van der Waals surface area contributed by atoms with Crippen LogP contribution in [-0.4, -0.2) is 37.3 Å². The highest BCUT2D eigenvalue weighted by molar-refractivity contribution is 7.16. The number of esters is 1. The van der Waals surface area contributed by atoms with Gasteiger partial charge in [0.1, 0.15) is 18.0 Å². The summed E-state index contributed by atoms with van der Waals surface area (Å²) < 4.78 is 18.4. The molecule has 0 bridgehead atoms. The van der Waals surface area contributed by atoms with Gasteiger partial charge in [-0.25, -0.2) is 0 Å². The summed E-state index contributed by atoms with van der Waals surface area (Å²) in [6, 6.07) is 11.4. The van der Waals surface area contributed by atoms with E-state index in [4.69, 9.17) is 14.2 Å². The number of amides is 1. The minimum absolute atomic E-state index is 0.00711. The first-order valence-corrected chi connectivity index (χ1v) is 11.2. The molecule has 0 fully saturated rings. The van der Waals surface area contributed by atoms with Gasteiger partial charge >= 0.3 is 5.97 Å². The molecule has 1 heterocycles. The van der Waals surface area contributed by atoms with Crippen molar-refractivity contribution in [3.63, 3.8) is 0 Å². The largest absolute Gasteiger partial charge is 0.497 e. The van der Waals surface area contributed by atoms with E-state index < -0.39 is 0 Å². The molecule has 0 radical (unpaired) electrons. The molecular weight excluding hydrogens is 428 g/mol. The maximum atomic E-state index is 12.8. The van der Waals surface area contributed by atoms with Crippen molar-refractivity contribution in [1.82, 2.24) is 4.57 Å². The first kappa shape index (κ1) is 23.5. The number of rotatable bonds is 8. The number of carbonyl (C=O) groups is 2. The Morgan fingerprint density at radius 2 is 1.88 bits per heavy atom. The van der Waals surface area contributed by atoms with Crippen LogP contribution < -0.4 is 14.3 Å². The van der Waals surface area contributed by atoms with Crippen LogP contribution >= 0.6 is 11.3 Å². The Morgan fingerprint density at radius 3 is 2.53 bits per heavy atom. The van der Waals surface area contributed by atoms with Crippen LogP contribution in [0.4, 0.5) is 0 Å². The topological polar surface area (TPSA) is 79.1 Å². The summed E-state index contributed by atoms with van der Waals surface area (Å²) in [5, 5.41) is 0. The van der Waals surface area contributed by atoms with Crippen LogP contribution in [0.25, 0.3) is 10.2 Å². The monoisotopic (exact) mass is 456 g/mol. The Bertz CT molecular complexity index is 1190. The van der Waals surface area contributed by atoms with E-state index in [1.807, 2.05) is 12.1 Å². The van der Waals surface area contributed by atoms with E-state index in [9.17, 15) is 9.59 Å². The Labute approximate surface area is 191 Å². The minimum atomic E-state index is -0.370. The van der Waals surface area contributed by atoms with Crippen LogP contribution in [-0.2, 0) is 27.3 Å². The van der Waals surface area contributed by atoms with Crippen molar-refractivity contribution in [2.45, 2.75) is 39.7 Å². The number of carbonyl (C=O) groups excluding carboxylic acids is 2. The van der Waals surface area contributed by atoms with Gasteiger partial charge in [0.2, 0.25) is 0 Å². The lowest BCUT2D eigenvalue weighted by Gasteiger charge is -2.09.